The molecule has 3 unspecified atom stereocenters. The first-order chi connectivity index (χ1) is 12.5. The van der Waals surface area contributed by atoms with Crippen LogP contribution in [0.5, 0.6) is 0 Å². The molecule has 0 radical (unpaired) electrons. The molecule has 1 fully saturated rings. The summed E-state index contributed by atoms with van der Waals surface area (Å²) in [5, 5.41) is 9.86. The van der Waals surface area contributed by atoms with Crippen molar-refractivity contribution in [2.24, 2.45) is 11.8 Å². The Morgan fingerprint density at radius 3 is 2.65 bits per heavy atom. The van der Waals surface area contributed by atoms with Gasteiger partial charge in [0.25, 0.3) is 5.91 Å². The number of rotatable bonds is 8. The fraction of sp³-hybridized carbons (Fsp3) is 0.600. The van der Waals surface area contributed by atoms with Gasteiger partial charge in [0, 0.05) is 17.1 Å². The van der Waals surface area contributed by atoms with Gasteiger partial charge in [0.05, 0.1) is 0 Å². The predicted octanol–water partition coefficient (Wildman–Crippen LogP) is 2.99. The highest BCUT2D eigenvalue weighted by atomic mass is 35.5. The molecule has 0 spiro atoms. The van der Waals surface area contributed by atoms with Gasteiger partial charge in [-0.05, 0) is 68.5 Å². The third-order valence-electron chi connectivity index (χ3n) is 5.14. The van der Waals surface area contributed by atoms with E-state index in [1.54, 1.807) is 24.3 Å². The topological polar surface area (TPSA) is 70.2 Å². The van der Waals surface area contributed by atoms with Crippen molar-refractivity contribution in [3.63, 3.8) is 0 Å². The maximum absolute atomic E-state index is 12.6. The summed E-state index contributed by atoms with van der Waals surface area (Å²) in [6.45, 7) is 6.77. The molecule has 3 N–H and O–H groups in total. The Morgan fingerprint density at radius 2 is 2.04 bits per heavy atom. The van der Waals surface area contributed by atoms with E-state index in [4.69, 9.17) is 11.6 Å². The number of nitrogens with one attached hydrogen (secondary N) is 3. The molecule has 26 heavy (non-hydrogen) atoms. The number of benzene rings is 1. The second kappa shape index (κ2) is 10.5. The third-order valence-corrected chi connectivity index (χ3v) is 5.39. The second-order valence-electron chi connectivity index (χ2n) is 7.14. The zero-order valence-corrected chi connectivity index (χ0v) is 16.4. The van der Waals surface area contributed by atoms with Gasteiger partial charge in [-0.15, -0.1) is 0 Å². The van der Waals surface area contributed by atoms with Gasteiger partial charge in [-0.25, -0.2) is 0 Å². The summed E-state index contributed by atoms with van der Waals surface area (Å²) < 4.78 is 0. The highest BCUT2D eigenvalue weighted by Gasteiger charge is 2.26. The second-order valence-corrected chi connectivity index (χ2v) is 7.57. The number of piperidine rings is 1. The first-order valence-corrected chi connectivity index (χ1v) is 9.94. The van der Waals surface area contributed by atoms with Crippen molar-refractivity contribution in [1.82, 2.24) is 16.0 Å². The smallest absolute Gasteiger partial charge is 0.251 e. The van der Waals surface area contributed by atoms with Crippen LogP contribution >= 0.6 is 11.6 Å². The minimum atomic E-state index is -0.535. The zero-order chi connectivity index (χ0) is 18.9. The summed E-state index contributed by atoms with van der Waals surface area (Å²) in [5.41, 5.74) is 0.504. The monoisotopic (exact) mass is 379 g/mol. The van der Waals surface area contributed by atoms with Crippen molar-refractivity contribution >= 4 is 23.4 Å². The van der Waals surface area contributed by atoms with Crippen LogP contribution in [0.3, 0.4) is 0 Å². The van der Waals surface area contributed by atoms with Crippen LogP contribution in [0.25, 0.3) is 0 Å². The fourth-order valence-electron chi connectivity index (χ4n) is 3.21. The van der Waals surface area contributed by atoms with E-state index in [1.165, 1.54) is 12.8 Å². The molecule has 0 bridgehead atoms. The van der Waals surface area contributed by atoms with Crippen LogP contribution < -0.4 is 16.0 Å². The lowest BCUT2D eigenvalue weighted by atomic mass is 9.95. The van der Waals surface area contributed by atoms with Crippen molar-refractivity contribution in [2.75, 3.05) is 19.6 Å². The van der Waals surface area contributed by atoms with Gasteiger partial charge < -0.3 is 16.0 Å². The van der Waals surface area contributed by atoms with Gasteiger partial charge in [0.1, 0.15) is 6.04 Å². The van der Waals surface area contributed by atoms with E-state index in [-0.39, 0.29) is 17.7 Å². The Morgan fingerprint density at radius 1 is 1.31 bits per heavy atom. The first kappa shape index (κ1) is 20.7. The molecular formula is C20H30ClN3O2. The van der Waals surface area contributed by atoms with Gasteiger partial charge in [0.2, 0.25) is 5.91 Å². The summed E-state index contributed by atoms with van der Waals surface area (Å²) in [5.74, 6) is 0.321. The van der Waals surface area contributed by atoms with Gasteiger partial charge >= 0.3 is 0 Å². The maximum Gasteiger partial charge on any atom is 0.251 e. The summed E-state index contributed by atoms with van der Waals surface area (Å²) in [6.07, 6.45) is 4.19. The van der Waals surface area contributed by atoms with Gasteiger partial charge in [-0.1, -0.05) is 31.9 Å². The molecule has 1 aromatic rings. The number of hydrogen-bond donors (Lipinski definition) is 3. The van der Waals surface area contributed by atoms with E-state index in [9.17, 15) is 9.59 Å². The number of hydrogen-bond acceptors (Lipinski definition) is 3. The molecule has 144 valence electrons. The first-order valence-electron chi connectivity index (χ1n) is 9.56. The Hall–Kier alpha value is -1.59. The van der Waals surface area contributed by atoms with Crippen molar-refractivity contribution in [3.8, 4) is 0 Å². The molecule has 1 aliphatic heterocycles. The van der Waals surface area contributed by atoms with Crippen LogP contribution in [0.1, 0.15) is 49.9 Å². The van der Waals surface area contributed by atoms with Crippen LogP contribution in [-0.2, 0) is 4.79 Å². The van der Waals surface area contributed by atoms with Crippen molar-refractivity contribution in [1.29, 1.82) is 0 Å². The quantitative estimate of drug-likeness (QED) is 0.650. The fourth-order valence-corrected chi connectivity index (χ4v) is 3.33. The Kier molecular flexibility index (Phi) is 8.39. The maximum atomic E-state index is 12.6. The summed E-state index contributed by atoms with van der Waals surface area (Å²) in [6, 6.07) is 6.14. The van der Waals surface area contributed by atoms with E-state index in [2.05, 4.69) is 16.0 Å². The molecule has 2 rings (SSSR count). The molecule has 0 saturated carbocycles. The molecule has 3 atom stereocenters. The van der Waals surface area contributed by atoms with Gasteiger partial charge in [-0.3, -0.25) is 9.59 Å². The van der Waals surface area contributed by atoms with Crippen LogP contribution in [0.2, 0.25) is 5.02 Å². The highest BCUT2D eigenvalue weighted by molar-refractivity contribution is 6.30. The number of amides is 2. The van der Waals surface area contributed by atoms with E-state index < -0.39 is 6.04 Å². The van der Waals surface area contributed by atoms with Crippen molar-refractivity contribution in [3.05, 3.63) is 34.9 Å². The average molecular weight is 380 g/mol. The predicted molar refractivity (Wildman–Crippen MR) is 105 cm³/mol. The molecule has 2 amide bonds. The van der Waals surface area contributed by atoms with Crippen molar-refractivity contribution < 1.29 is 9.59 Å². The van der Waals surface area contributed by atoms with E-state index in [1.807, 2.05) is 13.8 Å². The molecule has 1 heterocycles. The summed E-state index contributed by atoms with van der Waals surface area (Å²) >= 11 is 5.87. The molecule has 1 aromatic carbocycles. The summed E-state index contributed by atoms with van der Waals surface area (Å²) in [4.78, 5) is 25.1. The molecule has 1 saturated heterocycles. The van der Waals surface area contributed by atoms with Crippen molar-refractivity contribution in [2.45, 2.75) is 45.6 Å². The van der Waals surface area contributed by atoms with Crippen LogP contribution in [0.4, 0.5) is 0 Å². The lowest BCUT2D eigenvalue weighted by Gasteiger charge is -2.25. The number of carbonyl (C=O) groups excluding carboxylic acids is 2. The van der Waals surface area contributed by atoms with Gasteiger partial charge in [-0.2, -0.15) is 0 Å². The van der Waals surface area contributed by atoms with Gasteiger partial charge in [0.15, 0.2) is 0 Å². The third kappa shape index (κ3) is 6.29. The lowest BCUT2D eigenvalue weighted by molar-refractivity contribution is -0.124. The molecule has 5 nitrogen and oxygen atoms in total. The Bertz CT molecular complexity index is 585. The minimum Gasteiger partial charge on any atom is -0.354 e. The molecule has 6 heteroatoms. The standard InChI is InChI=1S/C20H30ClN3O2/c1-3-14(2)18(24-19(25)16-6-8-17(21)9-7-16)20(26)23-12-10-15-5-4-11-22-13-15/h6-9,14-15,18,22H,3-5,10-13H2,1-2H3,(H,23,26)(H,24,25). The van der Waals surface area contributed by atoms with Crippen LogP contribution in [-0.4, -0.2) is 37.5 Å². The highest BCUT2D eigenvalue weighted by Crippen LogP contribution is 2.14. The van der Waals surface area contributed by atoms with E-state index >= 15 is 0 Å². The minimum absolute atomic E-state index is 0.0580. The van der Waals surface area contributed by atoms with Crippen LogP contribution in [0, 0.1) is 11.8 Å². The average Bonchev–Trinajstić information content (AvgIpc) is 2.66. The SMILES string of the molecule is CCC(C)C(NC(=O)c1ccc(Cl)cc1)C(=O)NCCC1CCCNC1. The summed E-state index contributed by atoms with van der Waals surface area (Å²) in [7, 11) is 0. The number of carbonyl (C=O) groups is 2. The molecular weight excluding hydrogens is 350 g/mol. The van der Waals surface area contributed by atoms with E-state index in [0.29, 0.717) is 23.0 Å². The Labute approximate surface area is 161 Å². The largest absolute Gasteiger partial charge is 0.354 e. The zero-order valence-electron chi connectivity index (χ0n) is 15.7. The Balaban J connectivity index is 1.89. The molecule has 0 aromatic heterocycles. The molecule has 1 aliphatic rings. The van der Waals surface area contributed by atoms with Crippen LogP contribution in [0.15, 0.2) is 24.3 Å². The molecule has 0 aliphatic carbocycles. The number of halogens is 1. The lowest BCUT2D eigenvalue weighted by Crippen LogP contribution is -2.50. The normalized spacial score (nSPS) is 19.4. The van der Waals surface area contributed by atoms with E-state index in [0.717, 1.165) is 25.9 Å².